The molecule has 0 unspecified atom stereocenters. The third kappa shape index (κ3) is 4.28. The van der Waals surface area contributed by atoms with Gasteiger partial charge >= 0.3 is 6.18 Å². The molecule has 1 aliphatic heterocycles. The number of anilines is 1. The second-order valence-corrected chi connectivity index (χ2v) is 7.68. The van der Waals surface area contributed by atoms with Crippen molar-refractivity contribution in [1.82, 2.24) is 14.5 Å². The van der Waals surface area contributed by atoms with Gasteiger partial charge < -0.3 is 14.4 Å². The summed E-state index contributed by atoms with van der Waals surface area (Å²) in [6, 6.07) is 14.1. The molecule has 0 aliphatic carbocycles. The van der Waals surface area contributed by atoms with Crippen molar-refractivity contribution >= 4 is 11.7 Å². The van der Waals surface area contributed by atoms with Crippen molar-refractivity contribution in [2.75, 3.05) is 31.1 Å². The number of amides is 1. The first-order valence-electron chi connectivity index (χ1n) is 10.1. The Bertz CT molecular complexity index is 1040. The number of aryl methyl sites for hydroxylation is 2. The maximum atomic E-state index is 12.9. The molecule has 162 valence electrons. The van der Waals surface area contributed by atoms with Crippen molar-refractivity contribution < 1.29 is 18.0 Å². The van der Waals surface area contributed by atoms with Gasteiger partial charge in [-0.2, -0.15) is 13.2 Å². The van der Waals surface area contributed by atoms with Crippen LogP contribution in [0.4, 0.5) is 19.0 Å². The van der Waals surface area contributed by atoms with Crippen LogP contribution in [-0.4, -0.2) is 46.5 Å². The van der Waals surface area contributed by atoms with Crippen molar-refractivity contribution in [3.8, 4) is 5.69 Å². The fourth-order valence-corrected chi connectivity index (χ4v) is 3.89. The molecule has 0 saturated carbocycles. The average molecular weight is 428 g/mol. The SMILES string of the molecule is Cc1ccc(C)n1-c1ccc(C(=O)N2CCN(c3ccc(C(F)(F)F)cn3)CC2)cc1. The van der Waals surface area contributed by atoms with Crippen molar-refractivity contribution in [1.29, 1.82) is 0 Å². The number of carbonyl (C=O) groups excluding carboxylic acids is 1. The smallest absolute Gasteiger partial charge is 0.353 e. The summed E-state index contributed by atoms with van der Waals surface area (Å²) in [5.74, 6) is 0.439. The molecule has 0 bridgehead atoms. The zero-order valence-corrected chi connectivity index (χ0v) is 17.4. The van der Waals surface area contributed by atoms with E-state index in [0.717, 1.165) is 29.3 Å². The van der Waals surface area contributed by atoms with E-state index in [1.54, 1.807) is 4.90 Å². The van der Waals surface area contributed by atoms with Crippen molar-refractivity contribution in [2.24, 2.45) is 0 Å². The van der Waals surface area contributed by atoms with Gasteiger partial charge in [-0.3, -0.25) is 4.79 Å². The van der Waals surface area contributed by atoms with Gasteiger partial charge in [0.15, 0.2) is 0 Å². The Morgan fingerprint density at radius 1 is 0.871 bits per heavy atom. The minimum absolute atomic E-state index is 0.0486. The van der Waals surface area contributed by atoms with E-state index in [1.807, 2.05) is 43.0 Å². The van der Waals surface area contributed by atoms with E-state index in [9.17, 15) is 18.0 Å². The number of hydrogen-bond donors (Lipinski definition) is 0. The number of rotatable bonds is 3. The minimum Gasteiger partial charge on any atom is -0.353 e. The summed E-state index contributed by atoms with van der Waals surface area (Å²) >= 11 is 0. The van der Waals surface area contributed by atoms with Crippen LogP contribution < -0.4 is 4.90 Å². The van der Waals surface area contributed by atoms with Gasteiger partial charge in [-0.25, -0.2) is 4.98 Å². The average Bonchev–Trinajstić information content (AvgIpc) is 3.11. The Morgan fingerprint density at radius 3 is 2.00 bits per heavy atom. The van der Waals surface area contributed by atoms with E-state index in [0.29, 0.717) is 37.6 Å². The normalized spacial score (nSPS) is 14.7. The van der Waals surface area contributed by atoms with Crippen LogP contribution in [0, 0.1) is 13.8 Å². The fraction of sp³-hybridized carbons (Fsp3) is 0.304. The highest BCUT2D eigenvalue weighted by molar-refractivity contribution is 5.94. The number of nitrogens with zero attached hydrogens (tertiary/aromatic N) is 4. The lowest BCUT2D eigenvalue weighted by Crippen LogP contribution is -2.49. The summed E-state index contributed by atoms with van der Waals surface area (Å²) in [6.45, 7) is 6.08. The summed E-state index contributed by atoms with van der Waals surface area (Å²) in [7, 11) is 0. The summed E-state index contributed by atoms with van der Waals surface area (Å²) in [5.41, 5.74) is 3.12. The number of pyridine rings is 1. The van der Waals surface area contributed by atoms with E-state index in [1.165, 1.54) is 6.07 Å². The zero-order valence-electron chi connectivity index (χ0n) is 17.4. The van der Waals surface area contributed by atoms with E-state index >= 15 is 0 Å². The van der Waals surface area contributed by atoms with Crippen LogP contribution >= 0.6 is 0 Å². The largest absolute Gasteiger partial charge is 0.417 e. The van der Waals surface area contributed by atoms with Crippen molar-refractivity contribution in [3.63, 3.8) is 0 Å². The molecule has 1 fully saturated rings. The number of benzene rings is 1. The van der Waals surface area contributed by atoms with Gasteiger partial charge in [0, 0.05) is 55.0 Å². The minimum atomic E-state index is -4.40. The molecule has 2 aromatic heterocycles. The van der Waals surface area contributed by atoms with E-state index in [-0.39, 0.29) is 5.91 Å². The predicted molar refractivity (Wildman–Crippen MR) is 113 cm³/mol. The molecule has 1 saturated heterocycles. The van der Waals surface area contributed by atoms with Gasteiger partial charge in [-0.05, 0) is 62.4 Å². The maximum Gasteiger partial charge on any atom is 0.417 e. The molecule has 31 heavy (non-hydrogen) atoms. The molecule has 0 spiro atoms. The monoisotopic (exact) mass is 428 g/mol. The highest BCUT2D eigenvalue weighted by atomic mass is 19.4. The highest BCUT2D eigenvalue weighted by Crippen LogP contribution is 2.29. The summed E-state index contributed by atoms with van der Waals surface area (Å²) in [6.07, 6.45) is -3.55. The van der Waals surface area contributed by atoms with Crippen LogP contribution in [0.3, 0.4) is 0 Å². The third-order valence-corrected chi connectivity index (χ3v) is 5.61. The lowest BCUT2D eigenvalue weighted by molar-refractivity contribution is -0.137. The van der Waals surface area contributed by atoms with Crippen LogP contribution in [-0.2, 0) is 6.18 Å². The Kier molecular flexibility index (Phi) is 5.47. The van der Waals surface area contributed by atoms with E-state index in [4.69, 9.17) is 0 Å². The number of halogens is 3. The molecule has 0 N–H and O–H groups in total. The molecular formula is C23H23F3N4O. The van der Waals surface area contributed by atoms with E-state index < -0.39 is 11.7 Å². The maximum absolute atomic E-state index is 12.9. The molecule has 4 rings (SSSR count). The Labute approximate surface area is 178 Å². The molecule has 5 nitrogen and oxygen atoms in total. The van der Waals surface area contributed by atoms with Crippen LogP contribution in [0.2, 0.25) is 0 Å². The number of piperazine rings is 1. The first-order valence-corrected chi connectivity index (χ1v) is 10.1. The Hall–Kier alpha value is -3.29. The van der Waals surface area contributed by atoms with Crippen LogP contribution in [0.15, 0.2) is 54.7 Å². The molecule has 1 amide bonds. The lowest BCUT2D eigenvalue weighted by atomic mass is 10.1. The topological polar surface area (TPSA) is 41.4 Å². The first kappa shape index (κ1) is 21.0. The molecular weight excluding hydrogens is 405 g/mol. The van der Waals surface area contributed by atoms with E-state index in [2.05, 4.69) is 21.7 Å². The molecule has 3 aromatic rings. The summed E-state index contributed by atoms with van der Waals surface area (Å²) in [5, 5.41) is 0. The van der Waals surface area contributed by atoms with Gasteiger partial charge in [0.2, 0.25) is 0 Å². The lowest BCUT2D eigenvalue weighted by Gasteiger charge is -2.35. The molecule has 8 heteroatoms. The number of alkyl halides is 3. The Balaban J connectivity index is 1.39. The van der Waals surface area contributed by atoms with Crippen LogP contribution in [0.1, 0.15) is 27.3 Å². The molecule has 0 radical (unpaired) electrons. The van der Waals surface area contributed by atoms with Crippen LogP contribution in [0.25, 0.3) is 5.69 Å². The van der Waals surface area contributed by atoms with Gasteiger partial charge in [0.25, 0.3) is 5.91 Å². The molecule has 1 aliphatic rings. The highest BCUT2D eigenvalue weighted by Gasteiger charge is 2.31. The number of hydrogen-bond acceptors (Lipinski definition) is 3. The zero-order chi connectivity index (χ0) is 22.2. The third-order valence-electron chi connectivity index (χ3n) is 5.61. The molecule has 1 aromatic carbocycles. The predicted octanol–water partition coefficient (Wildman–Crippen LogP) is 4.47. The molecule has 3 heterocycles. The first-order chi connectivity index (χ1) is 14.7. The van der Waals surface area contributed by atoms with Gasteiger partial charge in [0.1, 0.15) is 5.82 Å². The van der Waals surface area contributed by atoms with Gasteiger partial charge in [0.05, 0.1) is 5.56 Å². The van der Waals surface area contributed by atoms with Gasteiger partial charge in [-0.1, -0.05) is 0 Å². The summed E-state index contributed by atoms with van der Waals surface area (Å²) in [4.78, 5) is 20.5. The van der Waals surface area contributed by atoms with Crippen LogP contribution in [0.5, 0.6) is 0 Å². The fourth-order valence-electron chi connectivity index (χ4n) is 3.89. The second-order valence-electron chi connectivity index (χ2n) is 7.68. The number of aromatic nitrogens is 2. The second kappa shape index (κ2) is 8.09. The van der Waals surface area contributed by atoms with Gasteiger partial charge in [-0.15, -0.1) is 0 Å². The Morgan fingerprint density at radius 2 is 1.48 bits per heavy atom. The standard InChI is InChI=1S/C23H23F3N4O/c1-16-3-4-17(2)30(16)20-8-5-18(6-9-20)22(31)29-13-11-28(12-14-29)21-10-7-19(15-27-21)23(24,25)26/h3-10,15H,11-14H2,1-2H3. The molecule has 0 atom stereocenters. The van der Waals surface area contributed by atoms with Crippen molar-refractivity contribution in [3.05, 3.63) is 77.2 Å². The quantitative estimate of drug-likeness (QED) is 0.618. The summed E-state index contributed by atoms with van der Waals surface area (Å²) < 4.78 is 40.3. The number of carbonyl (C=O) groups is 1. The van der Waals surface area contributed by atoms with Crippen molar-refractivity contribution in [2.45, 2.75) is 20.0 Å².